The minimum atomic E-state index is -0.241. The molecular weight excluding hydrogens is 290 g/mol. The maximum absolute atomic E-state index is 12.7. The minimum Gasteiger partial charge on any atom is -0.466 e. The molecule has 0 aliphatic heterocycles. The van der Waals surface area contributed by atoms with Crippen LogP contribution in [0.15, 0.2) is 30.3 Å². The van der Waals surface area contributed by atoms with Gasteiger partial charge in [0.25, 0.3) is 0 Å². The van der Waals surface area contributed by atoms with E-state index in [2.05, 4.69) is 12.1 Å². The maximum Gasteiger partial charge on any atom is 0.307 e. The molecule has 0 bridgehead atoms. The van der Waals surface area contributed by atoms with E-state index in [-0.39, 0.29) is 24.2 Å². The number of carbonyl (C=O) groups excluding carboxylic acids is 2. The first-order chi connectivity index (χ1) is 11.1. The van der Waals surface area contributed by atoms with Crippen LogP contribution >= 0.6 is 0 Å². The van der Waals surface area contributed by atoms with Crippen LogP contribution in [-0.4, -0.2) is 36.5 Å². The molecule has 4 nitrogen and oxygen atoms in total. The number of ether oxygens (including phenoxy) is 1. The highest BCUT2D eigenvalue weighted by Crippen LogP contribution is 2.13. The zero-order chi connectivity index (χ0) is 17.1. The van der Waals surface area contributed by atoms with Crippen molar-refractivity contribution in [2.75, 3.05) is 19.7 Å². The Kier molecular flexibility index (Phi) is 9.03. The lowest BCUT2D eigenvalue weighted by molar-refractivity contribution is -0.144. The summed E-state index contributed by atoms with van der Waals surface area (Å²) in [4.78, 5) is 26.1. The number of carbonyl (C=O) groups is 2. The van der Waals surface area contributed by atoms with Crippen molar-refractivity contribution in [3.63, 3.8) is 0 Å². The van der Waals surface area contributed by atoms with E-state index in [1.54, 1.807) is 6.92 Å². The van der Waals surface area contributed by atoms with E-state index in [9.17, 15) is 9.59 Å². The van der Waals surface area contributed by atoms with Crippen LogP contribution in [0.2, 0.25) is 0 Å². The van der Waals surface area contributed by atoms with Gasteiger partial charge in [0.2, 0.25) is 5.91 Å². The topological polar surface area (TPSA) is 46.6 Å². The van der Waals surface area contributed by atoms with Gasteiger partial charge in [-0.3, -0.25) is 9.59 Å². The van der Waals surface area contributed by atoms with Crippen LogP contribution in [-0.2, 0) is 20.7 Å². The Morgan fingerprint density at radius 1 is 1.04 bits per heavy atom. The van der Waals surface area contributed by atoms with E-state index >= 15 is 0 Å². The van der Waals surface area contributed by atoms with Crippen LogP contribution in [0.1, 0.15) is 45.6 Å². The van der Waals surface area contributed by atoms with Gasteiger partial charge in [0.05, 0.1) is 13.0 Å². The monoisotopic (exact) mass is 319 g/mol. The highest BCUT2D eigenvalue weighted by atomic mass is 16.5. The number of nitrogens with zero attached hydrogens (tertiary/aromatic N) is 1. The molecule has 0 unspecified atom stereocenters. The van der Waals surface area contributed by atoms with Gasteiger partial charge in [0, 0.05) is 19.0 Å². The van der Waals surface area contributed by atoms with Crippen molar-refractivity contribution in [1.29, 1.82) is 0 Å². The Bertz CT molecular complexity index is 469. The van der Waals surface area contributed by atoms with Crippen LogP contribution in [0.5, 0.6) is 0 Å². The molecule has 1 aromatic rings. The van der Waals surface area contributed by atoms with Gasteiger partial charge >= 0.3 is 5.97 Å². The summed E-state index contributed by atoms with van der Waals surface area (Å²) in [7, 11) is 0. The largest absolute Gasteiger partial charge is 0.466 e. The molecule has 0 radical (unpaired) electrons. The molecule has 0 spiro atoms. The van der Waals surface area contributed by atoms with Crippen molar-refractivity contribution >= 4 is 11.9 Å². The number of hydrogen-bond donors (Lipinski definition) is 0. The average molecular weight is 319 g/mol. The molecular formula is C19H29NO3. The molecule has 0 aliphatic rings. The normalized spacial score (nSPS) is 10.6. The molecule has 0 atom stereocenters. The zero-order valence-electron chi connectivity index (χ0n) is 14.6. The fourth-order valence-corrected chi connectivity index (χ4v) is 2.60. The number of amides is 1. The fourth-order valence-electron chi connectivity index (χ4n) is 2.60. The molecule has 0 saturated heterocycles. The molecule has 0 aliphatic carbocycles. The van der Waals surface area contributed by atoms with Crippen LogP contribution in [0.4, 0.5) is 0 Å². The molecule has 23 heavy (non-hydrogen) atoms. The van der Waals surface area contributed by atoms with Gasteiger partial charge in [-0.05, 0) is 31.7 Å². The van der Waals surface area contributed by atoms with E-state index < -0.39 is 0 Å². The number of rotatable bonds is 10. The van der Waals surface area contributed by atoms with Gasteiger partial charge in [-0.1, -0.05) is 44.2 Å². The first-order valence-electron chi connectivity index (χ1n) is 8.60. The third kappa shape index (κ3) is 6.85. The average Bonchev–Trinajstić information content (AvgIpc) is 2.57. The second-order valence-corrected chi connectivity index (χ2v) is 5.63. The lowest BCUT2D eigenvalue weighted by atomic mass is 10.0. The third-order valence-electron chi connectivity index (χ3n) is 4.05. The molecule has 0 aromatic heterocycles. The molecule has 0 fully saturated rings. The Hall–Kier alpha value is -1.84. The second kappa shape index (κ2) is 10.8. The van der Waals surface area contributed by atoms with Gasteiger partial charge in [-0.2, -0.15) is 0 Å². The zero-order valence-corrected chi connectivity index (χ0v) is 14.6. The summed E-state index contributed by atoms with van der Waals surface area (Å²) < 4.78 is 4.97. The fraction of sp³-hybridized carbons (Fsp3) is 0.579. The summed E-state index contributed by atoms with van der Waals surface area (Å²) in [6.45, 7) is 7.31. The molecule has 128 valence electrons. The first kappa shape index (κ1) is 19.2. The standard InChI is InChI=1S/C19H29NO3/c1-4-17(5-2)19(22)20(15-13-18(21)23-6-3)14-12-16-10-8-7-9-11-16/h7-11,17H,4-6,12-15H2,1-3H3. The Labute approximate surface area is 139 Å². The SMILES string of the molecule is CCOC(=O)CCN(CCc1ccccc1)C(=O)C(CC)CC. The minimum absolute atomic E-state index is 0.0352. The molecule has 0 N–H and O–H groups in total. The Morgan fingerprint density at radius 2 is 1.70 bits per heavy atom. The van der Waals surface area contributed by atoms with Crippen LogP contribution < -0.4 is 0 Å². The van der Waals surface area contributed by atoms with E-state index in [1.807, 2.05) is 36.9 Å². The predicted octanol–water partition coefficient (Wildman–Crippen LogP) is 3.45. The maximum atomic E-state index is 12.7. The van der Waals surface area contributed by atoms with Crippen molar-refractivity contribution in [1.82, 2.24) is 4.90 Å². The predicted molar refractivity (Wildman–Crippen MR) is 92.0 cm³/mol. The van der Waals surface area contributed by atoms with Crippen molar-refractivity contribution in [2.24, 2.45) is 5.92 Å². The van der Waals surface area contributed by atoms with Crippen molar-refractivity contribution in [2.45, 2.75) is 46.5 Å². The van der Waals surface area contributed by atoms with Gasteiger partial charge in [-0.15, -0.1) is 0 Å². The van der Waals surface area contributed by atoms with Crippen LogP contribution in [0.25, 0.3) is 0 Å². The molecule has 1 aromatic carbocycles. The molecule has 1 rings (SSSR count). The number of hydrogen-bond acceptors (Lipinski definition) is 3. The Morgan fingerprint density at radius 3 is 2.26 bits per heavy atom. The smallest absolute Gasteiger partial charge is 0.307 e. The lowest BCUT2D eigenvalue weighted by Crippen LogP contribution is -2.39. The molecule has 4 heteroatoms. The van der Waals surface area contributed by atoms with Gasteiger partial charge < -0.3 is 9.64 Å². The van der Waals surface area contributed by atoms with Crippen LogP contribution in [0.3, 0.4) is 0 Å². The second-order valence-electron chi connectivity index (χ2n) is 5.63. The number of esters is 1. The van der Waals surface area contributed by atoms with E-state index in [0.717, 1.165) is 19.3 Å². The summed E-state index contributed by atoms with van der Waals surface area (Å²) in [5.41, 5.74) is 1.20. The Balaban J connectivity index is 2.66. The van der Waals surface area contributed by atoms with Gasteiger partial charge in [0.15, 0.2) is 0 Å². The molecule has 0 heterocycles. The van der Waals surface area contributed by atoms with E-state index in [0.29, 0.717) is 19.7 Å². The third-order valence-corrected chi connectivity index (χ3v) is 4.05. The highest BCUT2D eigenvalue weighted by Gasteiger charge is 2.22. The first-order valence-corrected chi connectivity index (χ1v) is 8.60. The number of benzene rings is 1. The quantitative estimate of drug-likeness (QED) is 0.621. The summed E-state index contributed by atoms with van der Waals surface area (Å²) in [6.07, 6.45) is 2.72. The van der Waals surface area contributed by atoms with Crippen LogP contribution in [0, 0.1) is 5.92 Å². The summed E-state index contributed by atoms with van der Waals surface area (Å²) in [6, 6.07) is 10.1. The van der Waals surface area contributed by atoms with E-state index in [1.165, 1.54) is 5.56 Å². The van der Waals surface area contributed by atoms with Crippen molar-refractivity contribution in [3.05, 3.63) is 35.9 Å². The molecule has 1 amide bonds. The summed E-state index contributed by atoms with van der Waals surface area (Å²) in [5, 5.41) is 0. The van der Waals surface area contributed by atoms with Gasteiger partial charge in [-0.25, -0.2) is 0 Å². The highest BCUT2D eigenvalue weighted by molar-refractivity contribution is 5.79. The van der Waals surface area contributed by atoms with Gasteiger partial charge in [0.1, 0.15) is 0 Å². The summed E-state index contributed by atoms with van der Waals surface area (Å²) >= 11 is 0. The van der Waals surface area contributed by atoms with Crippen molar-refractivity contribution in [3.8, 4) is 0 Å². The van der Waals surface area contributed by atoms with E-state index in [4.69, 9.17) is 4.74 Å². The molecule has 0 saturated carbocycles. The lowest BCUT2D eigenvalue weighted by Gasteiger charge is -2.26. The summed E-state index contributed by atoms with van der Waals surface area (Å²) in [5.74, 6) is -0.0576. The van der Waals surface area contributed by atoms with Crippen molar-refractivity contribution < 1.29 is 14.3 Å².